The Morgan fingerprint density at radius 3 is 2.52 bits per heavy atom. The third kappa shape index (κ3) is 3.90. The molecule has 0 amide bonds. The summed E-state index contributed by atoms with van der Waals surface area (Å²) in [6, 6.07) is 13.7. The molecule has 2 aromatic carbocycles. The minimum Gasteiger partial charge on any atom is -0.492 e. The van der Waals surface area contributed by atoms with Crippen LogP contribution in [0.5, 0.6) is 5.75 Å². The van der Waals surface area contributed by atoms with Crippen LogP contribution in [0, 0.1) is 5.41 Å². The molecule has 29 heavy (non-hydrogen) atoms. The minimum atomic E-state index is -0.924. The first-order valence-corrected chi connectivity index (χ1v) is 10.7. The van der Waals surface area contributed by atoms with Gasteiger partial charge in [0.2, 0.25) is 0 Å². The second kappa shape index (κ2) is 7.95. The molecule has 0 aliphatic heterocycles. The number of rotatable bonds is 8. The lowest BCUT2D eigenvalue weighted by Gasteiger charge is -2.25. The summed E-state index contributed by atoms with van der Waals surface area (Å²) in [4.78, 5) is 29.4. The van der Waals surface area contributed by atoms with Crippen LogP contribution in [0.4, 0.5) is 0 Å². The molecule has 1 heterocycles. The number of hydrogen-bond acceptors (Lipinski definition) is 5. The Kier molecular flexibility index (Phi) is 5.37. The summed E-state index contributed by atoms with van der Waals surface area (Å²) in [5, 5.41) is 10.3. The van der Waals surface area contributed by atoms with E-state index in [9.17, 15) is 14.7 Å². The van der Waals surface area contributed by atoms with E-state index in [4.69, 9.17) is 4.74 Å². The van der Waals surface area contributed by atoms with Gasteiger partial charge in [-0.3, -0.25) is 9.59 Å². The summed E-state index contributed by atoms with van der Waals surface area (Å²) in [5.41, 5.74) is 2.16. The number of para-hydroxylation sites is 1. The number of carboxylic acids is 1. The molecule has 4 rings (SSSR count). The Morgan fingerprint density at radius 2 is 1.86 bits per heavy atom. The van der Waals surface area contributed by atoms with Crippen molar-refractivity contribution >= 4 is 33.3 Å². The molecule has 1 aliphatic carbocycles. The second-order valence-electron chi connectivity index (χ2n) is 7.54. The Balaban J connectivity index is 1.53. The van der Waals surface area contributed by atoms with Crippen molar-refractivity contribution < 1.29 is 19.4 Å². The van der Waals surface area contributed by atoms with E-state index in [-0.39, 0.29) is 12.2 Å². The number of ketones is 1. The standard InChI is InChI=1S/C23H23NO4S/c1-2-28-17-8-5-9-18-22(17)24-20(29-18)11-10-19(25)23(14-21(26)27)12-15-6-3-4-7-16(15)13-23/h3-9H,2,10-14H2,1H3,(H,26,27). The molecule has 0 bridgehead atoms. The normalized spacial score (nSPS) is 14.7. The lowest BCUT2D eigenvalue weighted by Crippen LogP contribution is -2.35. The third-order valence-electron chi connectivity index (χ3n) is 5.55. The largest absolute Gasteiger partial charge is 0.492 e. The van der Waals surface area contributed by atoms with Crippen LogP contribution in [-0.4, -0.2) is 28.4 Å². The Labute approximate surface area is 173 Å². The zero-order valence-electron chi connectivity index (χ0n) is 16.3. The van der Waals surface area contributed by atoms with Crippen molar-refractivity contribution in [1.82, 2.24) is 4.98 Å². The third-order valence-corrected chi connectivity index (χ3v) is 6.63. The number of carbonyl (C=O) groups excluding carboxylic acids is 1. The van der Waals surface area contributed by atoms with Crippen LogP contribution < -0.4 is 4.74 Å². The first kappa shape index (κ1) is 19.6. The molecular weight excluding hydrogens is 386 g/mol. The highest BCUT2D eigenvalue weighted by Crippen LogP contribution is 2.42. The molecule has 6 heteroatoms. The van der Waals surface area contributed by atoms with E-state index >= 15 is 0 Å². The number of benzene rings is 2. The fraction of sp³-hybridized carbons (Fsp3) is 0.348. The van der Waals surface area contributed by atoms with Crippen molar-refractivity contribution in [1.29, 1.82) is 0 Å². The van der Waals surface area contributed by atoms with Crippen LogP contribution >= 0.6 is 11.3 Å². The van der Waals surface area contributed by atoms with Crippen molar-refractivity contribution in [3.63, 3.8) is 0 Å². The van der Waals surface area contributed by atoms with Gasteiger partial charge in [-0.05, 0) is 43.0 Å². The molecule has 0 fully saturated rings. The van der Waals surface area contributed by atoms with Gasteiger partial charge in [-0.25, -0.2) is 4.98 Å². The van der Waals surface area contributed by atoms with Crippen molar-refractivity contribution in [2.75, 3.05) is 6.61 Å². The highest BCUT2D eigenvalue weighted by molar-refractivity contribution is 7.18. The molecule has 150 valence electrons. The maximum absolute atomic E-state index is 13.2. The van der Waals surface area contributed by atoms with Crippen molar-refractivity contribution in [2.45, 2.75) is 39.0 Å². The fourth-order valence-corrected chi connectivity index (χ4v) is 5.22. The quantitative estimate of drug-likeness (QED) is 0.595. The number of aryl methyl sites for hydroxylation is 1. The average Bonchev–Trinajstić information content (AvgIpc) is 3.27. The second-order valence-corrected chi connectivity index (χ2v) is 8.65. The SMILES string of the molecule is CCOc1cccc2sc(CCC(=O)C3(CC(=O)O)Cc4ccccc4C3)nc12. The van der Waals surface area contributed by atoms with E-state index in [1.165, 1.54) is 0 Å². The summed E-state index contributed by atoms with van der Waals surface area (Å²) in [7, 11) is 0. The van der Waals surface area contributed by atoms with Gasteiger partial charge in [-0.1, -0.05) is 30.3 Å². The summed E-state index contributed by atoms with van der Waals surface area (Å²) in [6.45, 7) is 2.51. The molecule has 0 atom stereocenters. The Bertz CT molecular complexity index is 1050. The lowest BCUT2D eigenvalue weighted by atomic mass is 9.76. The zero-order chi connectivity index (χ0) is 20.4. The number of thiazole rings is 1. The van der Waals surface area contributed by atoms with E-state index in [1.54, 1.807) is 11.3 Å². The molecule has 1 aromatic heterocycles. The van der Waals surface area contributed by atoms with Crippen molar-refractivity contribution in [3.05, 3.63) is 58.6 Å². The summed E-state index contributed by atoms with van der Waals surface area (Å²) in [5.74, 6) is -0.152. The number of aliphatic carboxylic acids is 1. The van der Waals surface area contributed by atoms with E-state index in [2.05, 4.69) is 4.98 Å². The topological polar surface area (TPSA) is 76.5 Å². The number of Topliss-reactive ketones (excluding diaryl/α,β-unsaturated/α-hetero) is 1. The van der Waals surface area contributed by atoms with E-state index in [0.29, 0.717) is 32.3 Å². The molecular formula is C23H23NO4S. The molecule has 0 saturated heterocycles. The van der Waals surface area contributed by atoms with Gasteiger partial charge in [-0.15, -0.1) is 11.3 Å². The summed E-state index contributed by atoms with van der Waals surface area (Å²) in [6.07, 6.45) is 1.69. The predicted molar refractivity (Wildman–Crippen MR) is 113 cm³/mol. The first-order valence-electron chi connectivity index (χ1n) is 9.84. The van der Waals surface area contributed by atoms with Crippen LogP contribution in [0.1, 0.15) is 35.9 Å². The van der Waals surface area contributed by atoms with Gasteiger partial charge in [-0.2, -0.15) is 0 Å². The fourth-order valence-electron chi connectivity index (χ4n) is 4.24. The number of carbonyl (C=O) groups is 2. The number of nitrogens with zero attached hydrogens (tertiary/aromatic N) is 1. The number of hydrogen-bond donors (Lipinski definition) is 1. The molecule has 1 N–H and O–H groups in total. The van der Waals surface area contributed by atoms with E-state index < -0.39 is 11.4 Å². The maximum Gasteiger partial charge on any atom is 0.304 e. The highest BCUT2D eigenvalue weighted by Gasteiger charge is 2.44. The maximum atomic E-state index is 13.2. The average molecular weight is 410 g/mol. The van der Waals surface area contributed by atoms with Gasteiger partial charge in [0.15, 0.2) is 0 Å². The van der Waals surface area contributed by atoms with E-state index in [1.807, 2.05) is 49.4 Å². The first-order chi connectivity index (χ1) is 14.0. The van der Waals surface area contributed by atoms with Gasteiger partial charge in [0.1, 0.15) is 17.0 Å². The Morgan fingerprint density at radius 1 is 1.14 bits per heavy atom. The number of fused-ring (bicyclic) bond motifs is 2. The van der Waals surface area contributed by atoms with Crippen molar-refractivity contribution in [3.8, 4) is 5.75 Å². The molecule has 0 spiro atoms. The van der Waals surface area contributed by atoms with Crippen LogP contribution in [0.25, 0.3) is 10.2 Å². The van der Waals surface area contributed by atoms with Crippen LogP contribution in [0.15, 0.2) is 42.5 Å². The number of ether oxygens (including phenoxy) is 1. The van der Waals surface area contributed by atoms with Crippen LogP contribution in [-0.2, 0) is 28.9 Å². The molecule has 5 nitrogen and oxygen atoms in total. The highest BCUT2D eigenvalue weighted by atomic mass is 32.1. The van der Waals surface area contributed by atoms with Crippen LogP contribution in [0.2, 0.25) is 0 Å². The van der Waals surface area contributed by atoms with Gasteiger partial charge < -0.3 is 9.84 Å². The molecule has 0 saturated carbocycles. The van der Waals surface area contributed by atoms with Gasteiger partial charge >= 0.3 is 5.97 Å². The minimum absolute atomic E-state index is 0.0142. The molecule has 0 radical (unpaired) electrons. The lowest BCUT2D eigenvalue weighted by molar-refractivity contribution is -0.144. The van der Waals surface area contributed by atoms with Gasteiger partial charge in [0, 0.05) is 18.3 Å². The molecule has 1 aliphatic rings. The van der Waals surface area contributed by atoms with Crippen molar-refractivity contribution in [2.24, 2.45) is 5.41 Å². The molecule has 0 unspecified atom stereocenters. The summed E-state index contributed by atoms with van der Waals surface area (Å²) >= 11 is 1.56. The predicted octanol–water partition coefficient (Wildman–Crippen LogP) is 4.46. The zero-order valence-corrected chi connectivity index (χ0v) is 17.1. The smallest absolute Gasteiger partial charge is 0.304 e. The van der Waals surface area contributed by atoms with Gasteiger partial charge in [0.25, 0.3) is 0 Å². The van der Waals surface area contributed by atoms with Gasteiger partial charge in [0.05, 0.1) is 22.7 Å². The monoisotopic (exact) mass is 409 g/mol. The van der Waals surface area contributed by atoms with E-state index in [0.717, 1.165) is 32.1 Å². The summed E-state index contributed by atoms with van der Waals surface area (Å²) < 4.78 is 6.68. The number of carboxylic acid groups (broad SMARTS) is 1. The van der Waals surface area contributed by atoms with Crippen LogP contribution in [0.3, 0.4) is 0 Å². The number of aromatic nitrogens is 1. The molecule has 3 aromatic rings. The Hall–Kier alpha value is -2.73.